The van der Waals surface area contributed by atoms with Crippen molar-refractivity contribution < 1.29 is 22.7 Å². The lowest BCUT2D eigenvalue weighted by Crippen LogP contribution is -2.51. The van der Waals surface area contributed by atoms with Gasteiger partial charge in [-0.2, -0.15) is 13.2 Å². The quantitative estimate of drug-likeness (QED) is 0.803. The van der Waals surface area contributed by atoms with Gasteiger partial charge in [-0.3, -0.25) is 0 Å². The third-order valence-corrected chi connectivity index (χ3v) is 3.11. The number of likely N-dealkylation sites (tertiary alicyclic amines) is 1. The van der Waals surface area contributed by atoms with E-state index in [-0.39, 0.29) is 26.1 Å². The van der Waals surface area contributed by atoms with Crippen LogP contribution in [0.25, 0.3) is 0 Å². The Morgan fingerprint density at radius 2 is 1.95 bits per heavy atom. The lowest BCUT2D eigenvalue weighted by atomic mass is 9.85. The summed E-state index contributed by atoms with van der Waals surface area (Å²) < 4.78 is 43.5. The Labute approximate surface area is 111 Å². The number of carbonyl (C=O) groups excluding carboxylic acids is 1. The molecule has 7 heteroatoms. The number of halogens is 3. The predicted molar refractivity (Wildman–Crippen MR) is 64.5 cm³/mol. The van der Waals surface area contributed by atoms with Gasteiger partial charge in [-0.1, -0.05) is 0 Å². The van der Waals surface area contributed by atoms with E-state index in [1.807, 2.05) is 0 Å². The van der Waals surface area contributed by atoms with E-state index in [2.05, 4.69) is 0 Å². The Hall–Kier alpha value is -0.980. The molecule has 19 heavy (non-hydrogen) atoms. The molecule has 112 valence electrons. The highest BCUT2D eigenvalue weighted by Crippen LogP contribution is 2.37. The van der Waals surface area contributed by atoms with E-state index in [4.69, 9.17) is 10.5 Å². The molecule has 0 spiro atoms. The monoisotopic (exact) mass is 282 g/mol. The molecule has 0 saturated carbocycles. The molecular weight excluding hydrogens is 261 g/mol. The first kappa shape index (κ1) is 16.1. The molecule has 0 aromatic heterocycles. The van der Waals surface area contributed by atoms with Crippen molar-refractivity contribution in [3.8, 4) is 0 Å². The van der Waals surface area contributed by atoms with Gasteiger partial charge in [0.15, 0.2) is 0 Å². The molecule has 0 radical (unpaired) electrons. The van der Waals surface area contributed by atoms with Crippen molar-refractivity contribution in [1.29, 1.82) is 0 Å². The van der Waals surface area contributed by atoms with Crippen LogP contribution in [0.15, 0.2) is 0 Å². The average Bonchev–Trinajstić information content (AvgIpc) is 2.24. The highest BCUT2D eigenvalue weighted by molar-refractivity contribution is 5.68. The Balaban J connectivity index is 2.67. The van der Waals surface area contributed by atoms with Crippen LogP contribution in [0, 0.1) is 11.8 Å². The molecule has 0 bridgehead atoms. The third-order valence-electron chi connectivity index (χ3n) is 3.11. The molecule has 1 amide bonds. The standard InChI is InChI=1S/C12H21F3N2O2/c1-11(2,3)19-10(18)17-5-4-9(12(13,14)15)8(6-16)7-17/h8-9H,4-7,16H2,1-3H3. The second-order valence-corrected chi connectivity index (χ2v) is 5.86. The van der Waals surface area contributed by atoms with E-state index in [0.29, 0.717) is 0 Å². The van der Waals surface area contributed by atoms with Gasteiger partial charge in [-0.15, -0.1) is 0 Å². The zero-order valence-corrected chi connectivity index (χ0v) is 11.5. The maximum Gasteiger partial charge on any atom is 0.410 e. The third kappa shape index (κ3) is 4.56. The topological polar surface area (TPSA) is 55.6 Å². The van der Waals surface area contributed by atoms with Crippen LogP contribution in [0.4, 0.5) is 18.0 Å². The first-order valence-corrected chi connectivity index (χ1v) is 6.29. The number of nitrogens with two attached hydrogens (primary N) is 1. The average molecular weight is 282 g/mol. The maximum absolute atomic E-state index is 12.8. The van der Waals surface area contributed by atoms with Gasteiger partial charge in [-0.05, 0) is 33.7 Å². The summed E-state index contributed by atoms with van der Waals surface area (Å²) in [4.78, 5) is 13.1. The second-order valence-electron chi connectivity index (χ2n) is 5.86. The number of amides is 1. The Kier molecular flexibility index (Phi) is 4.71. The Morgan fingerprint density at radius 3 is 2.37 bits per heavy atom. The smallest absolute Gasteiger partial charge is 0.410 e. The molecule has 0 aromatic rings. The van der Waals surface area contributed by atoms with Gasteiger partial charge in [-0.25, -0.2) is 4.79 Å². The van der Waals surface area contributed by atoms with Crippen molar-refractivity contribution in [2.75, 3.05) is 19.6 Å². The number of hydrogen-bond acceptors (Lipinski definition) is 3. The number of ether oxygens (including phenoxy) is 1. The summed E-state index contributed by atoms with van der Waals surface area (Å²) in [5.41, 5.74) is 4.74. The number of rotatable bonds is 1. The van der Waals surface area contributed by atoms with Crippen LogP contribution >= 0.6 is 0 Å². The van der Waals surface area contributed by atoms with Gasteiger partial charge < -0.3 is 15.4 Å². The van der Waals surface area contributed by atoms with Crippen LogP contribution in [0.1, 0.15) is 27.2 Å². The molecule has 2 N–H and O–H groups in total. The summed E-state index contributed by atoms with van der Waals surface area (Å²) in [6, 6.07) is 0. The molecular formula is C12H21F3N2O2. The molecule has 1 aliphatic rings. The lowest BCUT2D eigenvalue weighted by molar-refractivity contribution is -0.198. The van der Waals surface area contributed by atoms with Crippen molar-refractivity contribution in [2.45, 2.75) is 39.0 Å². The van der Waals surface area contributed by atoms with Crippen LogP contribution in [-0.4, -0.2) is 42.4 Å². The highest BCUT2D eigenvalue weighted by Gasteiger charge is 2.47. The summed E-state index contributed by atoms with van der Waals surface area (Å²) >= 11 is 0. The van der Waals surface area contributed by atoms with E-state index in [1.165, 1.54) is 4.90 Å². The van der Waals surface area contributed by atoms with Crippen LogP contribution < -0.4 is 5.73 Å². The summed E-state index contributed by atoms with van der Waals surface area (Å²) in [6.45, 7) is 5.10. The largest absolute Gasteiger partial charge is 0.444 e. The normalized spacial score (nSPS) is 25.3. The van der Waals surface area contributed by atoms with E-state index in [1.54, 1.807) is 20.8 Å². The molecule has 1 aliphatic heterocycles. The van der Waals surface area contributed by atoms with Crippen molar-refractivity contribution in [3.05, 3.63) is 0 Å². The zero-order valence-electron chi connectivity index (χ0n) is 11.5. The van der Waals surface area contributed by atoms with Crippen molar-refractivity contribution in [2.24, 2.45) is 17.6 Å². The Morgan fingerprint density at radius 1 is 1.37 bits per heavy atom. The zero-order chi connectivity index (χ0) is 14.8. The van der Waals surface area contributed by atoms with E-state index >= 15 is 0 Å². The van der Waals surface area contributed by atoms with Gasteiger partial charge in [0, 0.05) is 19.0 Å². The number of piperidine rings is 1. The minimum Gasteiger partial charge on any atom is -0.444 e. The van der Waals surface area contributed by atoms with Gasteiger partial charge >= 0.3 is 12.3 Å². The van der Waals surface area contributed by atoms with Crippen LogP contribution in [0.3, 0.4) is 0 Å². The molecule has 1 fully saturated rings. The first-order valence-electron chi connectivity index (χ1n) is 6.29. The highest BCUT2D eigenvalue weighted by atomic mass is 19.4. The van der Waals surface area contributed by atoms with Gasteiger partial charge in [0.05, 0.1) is 5.92 Å². The Bertz CT molecular complexity index is 326. The number of carbonyl (C=O) groups is 1. The number of alkyl halides is 3. The second kappa shape index (κ2) is 5.56. The first-order chi connectivity index (χ1) is 8.54. The SMILES string of the molecule is CC(C)(C)OC(=O)N1CCC(C(F)(F)F)C(CN)C1. The molecule has 2 atom stereocenters. The molecule has 0 aromatic carbocycles. The molecule has 1 rings (SSSR count). The molecule has 0 aliphatic carbocycles. The molecule has 4 nitrogen and oxygen atoms in total. The molecule has 2 unspecified atom stereocenters. The fourth-order valence-electron chi connectivity index (χ4n) is 2.19. The van der Waals surface area contributed by atoms with E-state index in [0.717, 1.165) is 0 Å². The van der Waals surface area contributed by atoms with Crippen molar-refractivity contribution in [1.82, 2.24) is 4.90 Å². The van der Waals surface area contributed by atoms with Gasteiger partial charge in [0.1, 0.15) is 5.60 Å². The minimum atomic E-state index is -4.26. The summed E-state index contributed by atoms with van der Waals surface area (Å²) in [7, 11) is 0. The van der Waals surface area contributed by atoms with Gasteiger partial charge in [0.25, 0.3) is 0 Å². The molecule has 1 saturated heterocycles. The van der Waals surface area contributed by atoms with Crippen LogP contribution in [0.5, 0.6) is 0 Å². The minimum absolute atomic E-state index is 0.00438. The van der Waals surface area contributed by atoms with Crippen LogP contribution in [0.2, 0.25) is 0 Å². The summed E-state index contributed by atoms with van der Waals surface area (Å²) in [5, 5.41) is 0. The van der Waals surface area contributed by atoms with E-state index in [9.17, 15) is 18.0 Å². The fraction of sp³-hybridized carbons (Fsp3) is 0.917. The predicted octanol–water partition coefficient (Wildman–Crippen LogP) is 2.38. The summed E-state index contributed by atoms with van der Waals surface area (Å²) in [6.07, 6.45) is -4.96. The number of hydrogen-bond donors (Lipinski definition) is 1. The van der Waals surface area contributed by atoms with Gasteiger partial charge in [0.2, 0.25) is 0 Å². The summed E-state index contributed by atoms with van der Waals surface area (Å²) in [5.74, 6) is -2.20. The number of nitrogens with zero attached hydrogens (tertiary/aromatic N) is 1. The van der Waals surface area contributed by atoms with Crippen LogP contribution in [-0.2, 0) is 4.74 Å². The lowest BCUT2D eigenvalue weighted by Gasteiger charge is -2.39. The molecule has 1 heterocycles. The fourth-order valence-corrected chi connectivity index (χ4v) is 2.19. The van der Waals surface area contributed by atoms with E-state index < -0.39 is 29.7 Å². The van der Waals surface area contributed by atoms with Crippen molar-refractivity contribution in [3.63, 3.8) is 0 Å². The van der Waals surface area contributed by atoms with Crippen molar-refractivity contribution >= 4 is 6.09 Å². The maximum atomic E-state index is 12.8.